The van der Waals surface area contributed by atoms with Crippen LogP contribution in [0.3, 0.4) is 0 Å². The van der Waals surface area contributed by atoms with Crippen molar-refractivity contribution in [3.05, 3.63) is 29.3 Å². The molecule has 0 saturated heterocycles. The molecule has 100 valence electrons. The largest absolute Gasteiger partial charge is 0.366 e. The first-order valence-electron chi connectivity index (χ1n) is 5.40. The second kappa shape index (κ2) is 5.47. The summed E-state index contributed by atoms with van der Waals surface area (Å²) in [5.74, 6) is -0.656. The van der Waals surface area contributed by atoms with Gasteiger partial charge in [-0.2, -0.15) is 0 Å². The molecule has 7 heteroatoms. The predicted molar refractivity (Wildman–Crippen MR) is 68.5 cm³/mol. The van der Waals surface area contributed by atoms with Crippen LogP contribution < -0.4 is 16.2 Å². The molecular weight excluding hydrogens is 254 g/mol. The molecule has 18 heavy (non-hydrogen) atoms. The highest BCUT2D eigenvalue weighted by Crippen LogP contribution is 2.15. The summed E-state index contributed by atoms with van der Waals surface area (Å²) in [4.78, 5) is 11.2. The summed E-state index contributed by atoms with van der Waals surface area (Å²) in [6.07, 6.45) is 0. The van der Waals surface area contributed by atoms with E-state index in [0.717, 1.165) is 0 Å². The van der Waals surface area contributed by atoms with Gasteiger partial charge in [0.25, 0.3) is 0 Å². The zero-order chi connectivity index (χ0) is 13.9. The second-order valence-corrected chi connectivity index (χ2v) is 5.81. The van der Waals surface area contributed by atoms with Crippen LogP contribution in [0.5, 0.6) is 0 Å². The maximum atomic E-state index is 12.0. The molecule has 1 rings (SSSR count). The molecule has 0 aromatic heterocycles. The third kappa shape index (κ3) is 3.28. The maximum absolute atomic E-state index is 12.0. The first kappa shape index (κ1) is 14.6. The van der Waals surface area contributed by atoms with Gasteiger partial charge in [0.2, 0.25) is 15.9 Å². The number of aryl methyl sites for hydroxylation is 1. The number of carbonyl (C=O) groups excluding carboxylic acids is 1. The fourth-order valence-corrected chi connectivity index (χ4v) is 2.70. The monoisotopic (exact) mass is 271 g/mol. The average Bonchev–Trinajstić information content (AvgIpc) is 2.28. The van der Waals surface area contributed by atoms with E-state index in [1.807, 2.05) is 0 Å². The Kier molecular flexibility index (Phi) is 4.44. The summed E-state index contributed by atoms with van der Waals surface area (Å²) in [6.45, 7) is 3.53. The molecule has 1 atom stereocenters. The van der Waals surface area contributed by atoms with Crippen LogP contribution in [0.1, 0.15) is 22.8 Å². The van der Waals surface area contributed by atoms with Crippen LogP contribution in [-0.2, 0) is 10.0 Å². The number of nitrogens with two attached hydrogens (primary N) is 2. The number of nitrogens with one attached hydrogen (secondary N) is 1. The molecule has 0 bridgehead atoms. The predicted octanol–water partition coefficient (Wildman–Crippen LogP) is -0.281. The molecule has 0 aliphatic carbocycles. The van der Waals surface area contributed by atoms with E-state index in [1.54, 1.807) is 19.9 Å². The molecule has 0 aliphatic heterocycles. The van der Waals surface area contributed by atoms with Crippen LogP contribution in [0, 0.1) is 6.92 Å². The second-order valence-electron chi connectivity index (χ2n) is 4.10. The van der Waals surface area contributed by atoms with Crippen molar-refractivity contribution in [1.29, 1.82) is 0 Å². The van der Waals surface area contributed by atoms with Gasteiger partial charge in [-0.15, -0.1) is 0 Å². The quantitative estimate of drug-likeness (QED) is 0.683. The minimum Gasteiger partial charge on any atom is -0.366 e. The van der Waals surface area contributed by atoms with E-state index in [2.05, 4.69) is 4.72 Å². The SMILES string of the molecule is Cc1ccc(S(=O)(=O)N[C@H](C)CN)cc1C(N)=O. The lowest BCUT2D eigenvalue weighted by Crippen LogP contribution is -2.37. The molecule has 0 spiro atoms. The summed E-state index contributed by atoms with van der Waals surface area (Å²) < 4.78 is 26.3. The van der Waals surface area contributed by atoms with Crippen molar-refractivity contribution >= 4 is 15.9 Å². The lowest BCUT2D eigenvalue weighted by Gasteiger charge is -2.13. The standard InChI is InChI=1S/C11H17N3O3S/c1-7-3-4-9(5-10(7)11(13)15)18(16,17)14-8(2)6-12/h3-5,8,14H,6,12H2,1-2H3,(H2,13,15)/t8-/m1/s1. The normalized spacial score (nSPS) is 13.3. The Hall–Kier alpha value is -1.44. The molecule has 0 unspecified atom stereocenters. The molecule has 6 nitrogen and oxygen atoms in total. The Labute approximate surface area is 106 Å². The molecule has 1 aromatic rings. The molecule has 1 aromatic carbocycles. The number of benzene rings is 1. The van der Waals surface area contributed by atoms with Gasteiger partial charge in [-0.25, -0.2) is 13.1 Å². The van der Waals surface area contributed by atoms with Gasteiger partial charge in [-0.05, 0) is 31.5 Å². The maximum Gasteiger partial charge on any atom is 0.249 e. The highest BCUT2D eigenvalue weighted by Gasteiger charge is 2.18. The molecule has 0 saturated carbocycles. The van der Waals surface area contributed by atoms with Crippen molar-refractivity contribution in [2.75, 3.05) is 6.54 Å². The zero-order valence-corrected chi connectivity index (χ0v) is 11.1. The number of primary amides is 1. The van der Waals surface area contributed by atoms with Crippen molar-refractivity contribution in [3.63, 3.8) is 0 Å². The molecule has 0 aliphatic rings. The summed E-state index contributed by atoms with van der Waals surface area (Å²) in [7, 11) is -3.68. The number of sulfonamides is 1. The molecule has 0 heterocycles. The van der Waals surface area contributed by atoms with Crippen LogP contribution >= 0.6 is 0 Å². The van der Waals surface area contributed by atoms with E-state index in [4.69, 9.17) is 11.5 Å². The fraction of sp³-hybridized carbons (Fsp3) is 0.364. The zero-order valence-electron chi connectivity index (χ0n) is 10.3. The first-order valence-corrected chi connectivity index (χ1v) is 6.89. The minimum absolute atomic E-state index is 0.00204. The van der Waals surface area contributed by atoms with Crippen molar-refractivity contribution in [2.24, 2.45) is 11.5 Å². The summed E-state index contributed by atoms with van der Waals surface area (Å²) in [5.41, 5.74) is 11.4. The van der Waals surface area contributed by atoms with Gasteiger partial charge in [0.15, 0.2) is 0 Å². The summed E-state index contributed by atoms with van der Waals surface area (Å²) >= 11 is 0. The number of hydrogen-bond acceptors (Lipinski definition) is 4. The number of amides is 1. The molecule has 1 amide bonds. The average molecular weight is 271 g/mol. The van der Waals surface area contributed by atoms with Gasteiger partial charge in [0, 0.05) is 18.2 Å². The Morgan fingerprint density at radius 3 is 2.56 bits per heavy atom. The Bertz CT molecular complexity index is 555. The Morgan fingerprint density at radius 2 is 2.06 bits per heavy atom. The van der Waals surface area contributed by atoms with Gasteiger partial charge in [-0.3, -0.25) is 4.79 Å². The van der Waals surface area contributed by atoms with Gasteiger partial charge in [-0.1, -0.05) is 6.07 Å². The lowest BCUT2D eigenvalue weighted by atomic mass is 10.1. The summed E-state index contributed by atoms with van der Waals surface area (Å²) in [5, 5.41) is 0. The third-order valence-electron chi connectivity index (χ3n) is 2.49. The number of rotatable bonds is 5. The van der Waals surface area contributed by atoms with Gasteiger partial charge < -0.3 is 11.5 Å². The van der Waals surface area contributed by atoms with E-state index in [-0.39, 0.29) is 23.0 Å². The highest BCUT2D eigenvalue weighted by atomic mass is 32.2. The van der Waals surface area contributed by atoms with Crippen LogP contribution in [0.15, 0.2) is 23.1 Å². The van der Waals surface area contributed by atoms with E-state index >= 15 is 0 Å². The van der Waals surface area contributed by atoms with Crippen LogP contribution in [0.25, 0.3) is 0 Å². The lowest BCUT2D eigenvalue weighted by molar-refractivity contribution is 0.0999. The van der Waals surface area contributed by atoms with Crippen molar-refractivity contribution < 1.29 is 13.2 Å². The van der Waals surface area contributed by atoms with E-state index in [0.29, 0.717) is 5.56 Å². The Morgan fingerprint density at radius 1 is 1.44 bits per heavy atom. The Balaban J connectivity index is 3.18. The van der Waals surface area contributed by atoms with Crippen LogP contribution in [-0.4, -0.2) is 26.9 Å². The first-order chi connectivity index (χ1) is 8.27. The van der Waals surface area contributed by atoms with E-state index in [9.17, 15) is 13.2 Å². The topological polar surface area (TPSA) is 115 Å². The third-order valence-corrected chi connectivity index (χ3v) is 4.08. The number of hydrogen-bond donors (Lipinski definition) is 3. The minimum atomic E-state index is -3.68. The summed E-state index contributed by atoms with van der Waals surface area (Å²) in [6, 6.07) is 3.85. The van der Waals surface area contributed by atoms with Crippen LogP contribution in [0.2, 0.25) is 0 Å². The van der Waals surface area contributed by atoms with Gasteiger partial charge in [0.1, 0.15) is 0 Å². The van der Waals surface area contributed by atoms with Crippen molar-refractivity contribution in [1.82, 2.24) is 4.72 Å². The van der Waals surface area contributed by atoms with E-state index in [1.165, 1.54) is 12.1 Å². The van der Waals surface area contributed by atoms with Crippen molar-refractivity contribution in [3.8, 4) is 0 Å². The van der Waals surface area contributed by atoms with E-state index < -0.39 is 15.9 Å². The molecule has 5 N–H and O–H groups in total. The number of carbonyl (C=O) groups is 1. The van der Waals surface area contributed by atoms with Gasteiger partial charge in [0.05, 0.1) is 4.90 Å². The molecule has 0 radical (unpaired) electrons. The highest BCUT2D eigenvalue weighted by molar-refractivity contribution is 7.89. The smallest absolute Gasteiger partial charge is 0.249 e. The molecule has 0 fully saturated rings. The van der Waals surface area contributed by atoms with Crippen molar-refractivity contribution in [2.45, 2.75) is 24.8 Å². The van der Waals surface area contributed by atoms with Gasteiger partial charge >= 0.3 is 0 Å². The fourth-order valence-electron chi connectivity index (χ4n) is 1.41. The van der Waals surface area contributed by atoms with Crippen LogP contribution in [0.4, 0.5) is 0 Å². The molecular formula is C11H17N3O3S.